The number of aromatic nitrogens is 2. The van der Waals surface area contributed by atoms with Gasteiger partial charge in [0, 0.05) is 19.8 Å². The average molecular weight is 296 g/mol. The first-order valence-corrected chi connectivity index (χ1v) is 7.39. The highest BCUT2D eigenvalue weighted by Crippen LogP contribution is 2.18. The molecule has 0 N–H and O–H groups in total. The van der Waals surface area contributed by atoms with Crippen molar-refractivity contribution in [3.05, 3.63) is 48.3 Å². The van der Waals surface area contributed by atoms with Crippen molar-refractivity contribution < 1.29 is 4.79 Å². The first-order chi connectivity index (χ1) is 10.7. The highest BCUT2D eigenvalue weighted by molar-refractivity contribution is 5.96. The first-order valence-electron chi connectivity index (χ1n) is 7.39. The lowest BCUT2D eigenvalue weighted by Crippen LogP contribution is -2.35. The monoisotopic (exact) mass is 296 g/mol. The van der Waals surface area contributed by atoms with Crippen LogP contribution in [-0.4, -0.2) is 22.2 Å². The van der Waals surface area contributed by atoms with Gasteiger partial charge in [-0.3, -0.25) is 9.48 Å². The summed E-state index contributed by atoms with van der Waals surface area (Å²) in [5.74, 6) is -0.797. The van der Waals surface area contributed by atoms with Gasteiger partial charge in [0.05, 0.1) is 18.0 Å². The largest absolute Gasteiger partial charge is 0.309 e. The molecular formula is C17H20N4O. The highest BCUT2D eigenvalue weighted by Gasteiger charge is 2.24. The van der Waals surface area contributed by atoms with Crippen molar-refractivity contribution in [2.75, 3.05) is 11.4 Å². The summed E-state index contributed by atoms with van der Waals surface area (Å²) in [5.41, 5.74) is 1.87. The summed E-state index contributed by atoms with van der Waals surface area (Å²) < 4.78 is 1.65. The fraction of sp³-hybridized carbons (Fsp3) is 0.353. The maximum absolute atomic E-state index is 12.6. The third kappa shape index (κ3) is 3.73. The molecule has 0 radical (unpaired) electrons. The number of hydrogen-bond donors (Lipinski definition) is 0. The van der Waals surface area contributed by atoms with Gasteiger partial charge in [0.2, 0.25) is 5.91 Å². The van der Waals surface area contributed by atoms with Crippen molar-refractivity contribution >= 4 is 11.6 Å². The van der Waals surface area contributed by atoms with E-state index in [0.29, 0.717) is 13.0 Å². The van der Waals surface area contributed by atoms with E-state index in [1.807, 2.05) is 37.3 Å². The van der Waals surface area contributed by atoms with Crippen LogP contribution >= 0.6 is 0 Å². The van der Waals surface area contributed by atoms with Crippen LogP contribution in [0.15, 0.2) is 42.7 Å². The van der Waals surface area contributed by atoms with Crippen molar-refractivity contribution in [2.24, 2.45) is 13.0 Å². The van der Waals surface area contributed by atoms with E-state index in [0.717, 1.165) is 17.7 Å². The summed E-state index contributed by atoms with van der Waals surface area (Å²) >= 11 is 0. The smallest absolute Gasteiger partial charge is 0.244 e. The Hall–Kier alpha value is -2.61. The zero-order valence-corrected chi connectivity index (χ0v) is 12.9. The minimum atomic E-state index is -0.639. The number of nitriles is 1. The van der Waals surface area contributed by atoms with Crippen LogP contribution in [0, 0.1) is 17.2 Å². The summed E-state index contributed by atoms with van der Waals surface area (Å²) in [4.78, 5) is 14.2. The number of aryl methyl sites for hydroxylation is 2. The van der Waals surface area contributed by atoms with Gasteiger partial charge in [-0.05, 0) is 25.3 Å². The van der Waals surface area contributed by atoms with Crippen molar-refractivity contribution in [3.63, 3.8) is 0 Å². The molecule has 1 aromatic carbocycles. The maximum Gasteiger partial charge on any atom is 0.244 e. The van der Waals surface area contributed by atoms with E-state index in [-0.39, 0.29) is 5.91 Å². The number of benzene rings is 1. The van der Waals surface area contributed by atoms with Crippen LogP contribution in [0.5, 0.6) is 0 Å². The van der Waals surface area contributed by atoms with E-state index < -0.39 is 5.92 Å². The lowest BCUT2D eigenvalue weighted by atomic mass is 9.99. The Morgan fingerprint density at radius 1 is 1.41 bits per heavy atom. The third-order valence-corrected chi connectivity index (χ3v) is 3.60. The molecule has 0 bridgehead atoms. The van der Waals surface area contributed by atoms with Crippen molar-refractivity contribution in [1.82, 2.24) is 9.78 Å². The number of carbonyl (C=O) groups is 1. The summed E-state index contributed by atoms with van der Waals surface area (Å²) in [6.45, 7) is 2.42. The molecule has 0 fully saturated rings. The Balaban J connectivity index is 2.06. The SMILES string of the molecule is CCN(C(=O)C(C#N)CCc1ccccc1)c1cnn(C)c1. The Morgan fingerprint density at radius 3 is 2.68 bits per heavy atom. The minimum absolute atomic E-state index is 0.158. The molecule has 1 amide bonds. The fourth-order valence-corrected chi connectivity index (χ4v) is 2.40. The fourth-order valence-electron chi connectivity index (χ4n) is 2.40. The molecule has 0 aliphatic rings. The molecule has 0 saturated carbocycles. The molecule has 1 unspecified atom stereocenters. The summed E-state index contributed by atoms with van der Waals surface area (Å²) in [6, 6.07) is 12.1. The average Bonchev–Trinajstić information content (AvgIpc) is 2.96. The molecule has 2 aromatic rings. The molecule has 0 spiro atoms. The second-order valence-electron chi connectivity index (χ2n) is 5.16. The van der Waals surface area contributed by atoms with E-state index in [4.69, 9.17) is 0 Å². The van der Waals surface area contributed by atoms with Gasteiger partial charge in [0.1, 0.15) is 5.92 Å². The lowest BCUT2D eigenvalue weighted by molar-refractivity contribution is -0.120. The molecule has 0 aliphatic carbocycles. The zero-order valence-electron chi connectivity index (χ0n) is 12.9. The highest BCUT2D eigenvalue weighted by atomic mass is 16.2. The van der Waals surface area contributed by atoms with Gasteiger partial charge in [-0.1, -0.05) is 30.3 Å². The summed E-state index contributed by atoms with van der Waals surface area (Å²) in [6.07, 6.45) is 4.67. The van der Waals surface area contributed by atoms with Crippen LogP contribution in [0.2, 0.25) is 0 Å². The standard InChI is InChI=1S/C17H20N4O/c1-3-21(16-12-19-20(2)13-16)17(22)15(11-18)10-9-14-7-5-4-6-8-14/h4-8,12-13,15H,3,9-10H2,1-2H3. The second-order valence-corrected chi connectivity index (χ2v) is 5.16. The molecule has 0 saturated heterocycles. The molecule has 1 heterocycles. The van der Waals surface area contributed by atoms with Crippen molar-refractivity contribution in [1.29, 1.82) is 5.26 Å². The quantitative estimate of drug-likeness (QED) is 0.823. The number of carbonyl (C=O) groups excluding carboxylic acids is 1. The molecule has 0 aliphatic heterocycles. The van der Waals surface area contributed by atoms with Crippen LogP contribution < -0.4 is 4.90 Å². The zero-order chi connectivity index (χ0) is 15.9. The van der Waals surface area contributed by atoms with Crippen LogP contribution in [0.25, 0.3) is 0 Å². The number of rotatable bonds is 6. The Labute approximate surface area is 130 Å². The van der Waals surface area contributed by atoms with Crippen molar-refractivity contribution in [3.8, 4) is 6.07 Å². The molecule has 22 heavy (non-hydrogen) atoms. The van der Waals surface area contributed by atoms with Gasteiger partial charge < -0.3 is 4.90 Å². The number of amides is 1. The Morgan fingerprint density at radius 2 is 2.14 bits per heavy atom. The lowest BCUT2D eigenvalue weighted by Gasteiger charge is -2.21. The second kappa shape index (κ2) is 7.41. The van der Waals surface area contributed by atoms with E-state index in [9.17, 15) is 10.1 Å². The van der Waals surface area contributed by atoms with Gasteiger partial charge in [0.15, 0.2) is 0 Å². The predicted octanol–water partition coefficient (Wildman–Crippen LogP) is 2.55. The first kappa shape index (κ1) is 15.8. The maximum atomic E-state index is 12.6. The molecular weight excluding hydrogens is 276 g/mol. The van der Waals surface area contributed by atoms with Gasteiger partial charge in [-0.15, -0.1) is 0 Å². The van der Waals surface area contributed by atoms with Crippen LogP contribution in [0.1, 0.15) is 18.9 Å². The van der Waals surface area contributed by atoms with Crippen molar-refractivity contribution in [2.45, 2.75) is 19.8 Å². The molecule has 2 rings (SSSR count). The summed E-state index contributed by atoms with van der Waals surface area (Å²) in [7, 11) is 1.80. The van der Waals surface area contributed by atoms with Crippen LogP contribution in [0.4, 0.5) is 5.69 Å². The van der Waals surface area contributed by atoms with Gasteiger partial charge in [-0.2, -0.15) is 10.4 Å². The third-order valence-electron chi connectivity index (χ3n) is 3.60. The minimum Gasteiger partial charge on any atom is -0.309 e. The molecule has 1 aromatic heterocycles. The van der Waals surface area contributed by atoms with Crippen LogP contribution in [0.3, 0.4) is 0 Å². The topological polar surface area (TPSA) is 61.9 Å². The molecule has 5 heteroatoms. The van der Waals surface area contributed by atoms with Crippen LogP contribution in [-0.2, 0) is 18.3 Å². The molecule has 5 nitrogen and oxygen atoms in total. The normalized spacial score (nSPS) is 11.7. The van der Waals surface area contributed by atoms with Gasteiger partial charge in [0.25, 0.3) is 0 Å². The number of nitrogens with zero attached hydrogens (tertiary/aromatic N) is 4. The molecule has 114 valence electrons. The molecule has 1 atom stereocenters. The number of anilines is 1. The Bertz CT molecular complexity index is 657. The van der Waals surface area contributed by atoms with Gasteiger partial charge >= 0.3 is 0 Å². The van der Waals surface area contributed by atoms with E-state index in [2.05, 4.69) is 11.2 Å². The summed E-state index contributed by atoms with van der Waals surface area (Å²) in [5, 5.41) is 13.4. The predicted molar refractivity (Wildman–Crippen MR) is 85.1 cm³/mol. The van der Waals surface area contributed by atoms with E-state index in [1.54, 1.807) is 29.0 Å². The van der Waals surface area contributed by atoms with E-state index in [1.165, 1.54) is 0 Å². The van der Waals surface area contributed by atoms with Gasteiger partial charge in [-0.25, -0.2) is 0 Å². The number of hydrogen-bond acceptors (Lipinski definition) is 3. The van der Waals surface area contributed by atoms with E-state index >= 15 is 0 Å². The Kier molecular flexibility index (Phi) is 5.31.